The lowest BCUT2D eigenvalue weighted by Gasteiger charge is -2.13. The Morgan fingerprint density at radius 3 is 2.62 bits per heavy atom. The number of thioether (sulfide) groups is 1. The molecular formula is C20H16F3N5O3S. The number of alkyl halides is 3. The molecule has 2 heterocycles. The number of nitrogens with one attached hydrogen (secondary N) is 1. The molecule has 166 valence electrons. The highest BCUT2D eigenvalue weighted by Crippen LogP contribution is 2.26. The largest absolute Gasteiger partial charge is 0.573 e. The summed E-state index contributed by atoms with van der Waals surface area (Å²) in [5.74, 6) is -0.512. The number of rotatable bonds is 6. The summed E-state index contributed by atoms with van der Waals surface area (Å²) >= 11 is 1.09. The van der Waals surface area contributed by atoms with Crippen LogP contribution in [0.3, 0.4) is 0 Å². The smallest absolute Gasteiger partial charge is 0.405 e. The molecule has 2 aromatic carbocycles. The van der Waals surface area contributed by atoms with E-state index in [2.05, 4.69) is 20.3 Å². The van der Waals surface area contributed by atoms with Crippen LogP contribution in [0, 0.1) is 0 Å². The van der Waals surface area contributed by atoms with Gasteiger partial charge < -0.3 is 10.1 Å². The Kier molecular flexibility index (Phi) is 5.78. The zero-order valence-corrected chi connectivity index (χ0v) is 17.4. The summed E-state index contributed by atoms with van der Waals surface area (Å²) in [7, 11) is 1.58. The van der Waals surface area contributed by atoms with E-state index in [-0.39, 0.29) is 29.2 Å². The maximum atomic E-state index is 12.5. The minimum absolute atomic E-state index is 0.0553. The van der Waals surface area contributed by atoms with Crippen LogP contribution in [0.1, 0.15) is 5.56 Å². The molecule has 1 N–H and O–H groups in total. The van der Waals surface area contributed by atoms with Crippen molar-refractivity contribution in [2.24, 2.45) is 7.05 Å². The molecule has 0 aliphatic heterocycles. The van der Waals surface area contributed by atoms with Crippen LogP contribution >= 0.6 is 11.8 Å². The van der Waals surface area contributed by atoms with E-state index >= 15 is 0 Å². The summed E-state index contributed by atoms with van der Waals surface area (Å²) in [6.07, 6.45) is -4.83. The zero-order valence-electron chi connectivity index (χ0n) is 16.6. The van der Waals surface area contributed by atoms with Crippen LogP contribution in [0.5, 0.6) is 5.75 Å². The second-order valence-electron chi connectivity index (χ2n) is 6.72. The minimum atomic E-state index is -4.83. The first kappa shape index (κ1) is 21.7. The highest BCUT2D eigenvalue weighted by Gasteiger charge is 2.32. The number of ether oxygens (including phenoxy) is 1. The number of carbonyl (C=O) groups excluding carboxylic acids is 1. The number of carbonyl (C=O) groups is 1. The lowest BCUT2D eigenvalue weighted by Crippen LogP contribution is -2.26. The number of benzene rings is 2. The quantitative estimate of drug-likeness (QED) is 0.443. The third-order valence-electron chi connectivity index (χ3n) is 4.60. The van der Waals surface area contributed by atoms with Gasteiger partial charge in [0, 0.05) is 19.2 Å². The lowest BCUT2D eigenvalue weighted by molar-refractivity contribution is -0.274. The Hall–Kier alpha value is -3.54. The molecule has 0 unspecified atom stereocenters. The van der Waals surface area contributed by atoms with Gasteiger partial charge >= 0.3 is 6.36 Å². The summed E-state index contributed by atoms with van der Waals surface area (Å²) in [5.41, 5.74) is 0.586. The summed E-state index contributed by atoms with van der Waals surface area (Å²) in [6.45, 7) is -0.135. The SMILES string of the molecule is Cn1c(=O)c2ccccc2n2c(SCC(=O)NCc3ccccc3OC(F)(F)F)nnc12. The Bertz CT molecular complexity index is 1370. The van der Waals surface area contributed by atoms with Crippen LogP contribution in [0.2, 0.25) is 0 Å². The van der Waals surface area contributed by atoms with E-state index in [0.717, 1.165) is 11.8 Å². The zero-order chi connectivity index (χ0) is 22.9. The number of nitrogens with zero attached hydrogens (tertiary/aromatic N) is 4. The standard InChI is InChI=1S/C20H16F3N5O3S/c1-27-17(30)13-7-3-4-8-14(13)28-18(27)25-26-19(28)32-11-16(29)24-10-12-6-2-5-9-15(12)31-20(21,22)23/h2-9H,10-11H2,1H3,(H,24,29). The third-order valence-corrected chi connectivity index (χ3v) is 5.53. The molecule has 0 aliphatic carbocycles. The van der Waals surface area contributed by atoms with E-state index in [0.29, 0.717) is 21.8 Å². The molecule has 2 aromatic heterocycles. The topological polar surface area (TPSA) is 90.5 Å². The van der Waals surface area contributed by atoms with Gasteiger partial charge in [-0.1, -0.05) is 42.1 Å². The van der Waals surface area contributed by atoms with Crippen LogP contribution in [0.4, 0.5) is 13.2 Å². The Morgan fingerprint density at radius 1 is 1.12 bits per heavy atom. The molecule has 12 heteroatoms. The monoisotopic (exact) mass is 463 g/mol. The highest BCUT2D eigenvalue weighted by atomic mass is 32.2. The van der Waals surface area contributed by atoms with Crippen molar-refractivity contribution in [3.63, 3.8) is 0 Å². The van der Waals surface area contributed by atoms with Crippen molar-refractivity contribution in [3.05, 3.63) is 64.4 Å². The number of amides is 1. The molecule has 32 heavy (non-hydrogen) atoms. The van der Waals surface area contributed by atoms with Crippen LogP contribution in [-0.2, 0) is 18.4 Å². The first-order valence-corrected chi connectivity index (χ1v) is 10.3. The predicted molar refractivity (Wildman–Crippen MR) is 111 cm³/mol. The number of aromatic nitrogens is 4. The number of hydrogen-bond acceptors (Lipinski definition) is 6. The number of hydrogen-bond donors (Lipinski definition) is 1. The maximum Gasteiger partial charge on any atom is 0.573 e. The molecule has 0 radical (unpaired) electrons. The van der Waals surface area contributed by atoms with Gasteiger partial charge in [-0.25, -0.2) is 0 Å². The predicted octanol–water partition coefficient (Wildman–Crippen LogP) is 2.89. The Labute approximate surface area is 183 Å². The molecule has 4 aromatic rings. The molecular weight excluding hydrogens is 447 g/mol. The molecule has 4 rings (SSSR count). The third kappa shape index (κ3) is 4.40. The first-order valence-electron chi connectivity index (χ1n) is 9.30. The number of aryl methyl sites for hydroxylation is 1. The fourth-order valence-electron chi connectivity index (χ4n) is 3.15. The van der Waals surface area contributed by atoms with E-state index in [4.69, 9.17) is 0 Å². The van der Waals surface area contributed by atoms with Crippen LogP contribution in [-0.4, -0.2) is 37.2 Å². The summed E-state index contributed by atoms with van der Waals surface area (Å²) in [6, 6.07) is 12.6. The molecule has 8 nitrogen and oxygen atoms in total. The minimum Gasteiger partial charge on any atom is -0.405 e. The Morgan fingerprint density at radius 2 is 1.84 bits per heavy atom. The number of halogens is 3. The molecule has 1 amide bonds. The van der Waals surface area contributed by atoms with Gasteiger partial charge in [-0.3, -0.25) is 18.6 Å². The van der Waals surface area contributed by atoms with Gasteiger partial charge in [0.05, 0.1) is 16.7 Å². The van der Waals surface area contributed by atoms with Crippen molar-refractivity contribution in [3.8, 4) is 5.75 Å². The average molecular weight is 463 g/mol. The van der Waals surface area contributed by atoms with Gasteiger partial charge in [-0.2, -0.15) is 0 Å². The van der Waals surface area contributed by atoms with E-state index in [1.807, 2.05) is 0 Å². The van der Waals surface area contributed by atoms with Gasteiger partial charge in [0.2, 0.25) is 11.7 Å². The van der Waals surface area contributed by atoms with Crippen molar-refractivity contribution in [2.75, 3.05) is 5.75 Å². The van der Waals surface area contributed by atoms with Gasteiger partial charge in [0.15, 0.2) is 5.16 Å². The van der Waals surface area contributed by atoms with Crippen molar-refractivity contribution >= 4 is 34.3 Å². The van der Waals surface area contributed by atoms with Gasteiger partial charge in [-0.15, -0.1) is 23.4 Å². The van der Waals surface area contributed by atoms with Gasteiger partial charge in [0.1, 0.15) is 5.75 Å². The van der Waals surface area contributed by atoms with Gasteiger partial charge in [0.25, 0.3) is 5.56 Å². The van der Waals surface area contributed by atoms with Gasteiger partial charge in [-0.05, 0) is 18.2 Å². The molecule has 0 fully saturated rings. The van der Waals surface area contributed by atoms with Crippen molar-refractivity contribution in [1.29, 1.82) is 0 Å². The maximum absolute atomic E-state index is 12.5. The second kappa shape index (κ2) is 8.54. The molecule has 0 aliphatic rings. The number of fused-ring (bicyclic) bond motifs is 3. The van der Waals surface area contributed by atoms with Crippen molar-refractivity contribution in [2.45, 2.75) is 18.1 Å². The highest BCUT2D eigenvalue weighted by molar-refractivity contribution is 7.99. The van der Waals surface area contributed by atoms with Crippen molar-refractivity contribution in [1.82, 2.24) is 24.5 Å². The Balaban J connectivity index is 1.49. The van der Waals surface area contributed by atoms with Crippen LogP contribution < -0.4 is 15.6 Å². The summed E-state index contributed by atoms with van der Waals surface area (Å²) in [4.78, 5) is 24.8. The normalized spacial score (nSPS) is 11.8. The lowest BCUT2D eigenvalue weighted by atomic mass is 10.2. The second-order valence-corrected chi connectivity index (χ2v) is 7.66. The molecule has 0 saturated carbocycles. The fourth-order valence-corrected chi connectivity index (χ4v) is 3.92. The van der Waals surface area contributed by atoms with E-state index in [1.54, 1.807) is 41.8 Å². The number of para-hydroxylation sites is 2. The fraction of sp³-hybridized carbons (Fsp3) is 0.200. The van der Waals surface area contributed by atoms with E-state index in [9.17, 15) is 22.8 Å². The molecule has 0 bridgehead atoms. The summed E-state index contributed by atoms with van der Waals surface area (Å²) < 4.78 is 44.7. The van der Waals surface area contributed by atoms with E-state index in [1.165, 1.54) is 22.8 Å². The molecule has 0 spiro atoms. The van der Waals surface area contributed by atoms with E-state index < -0.39 is 12.3 Å². The molecule has 0 atom stereocenters. The van der Waals surface area contributed by atoms with Crippen LogP contribution in [0.25, 0.3) is 16.7 Å². The van der Waals surface area contributed by atoms with Crippen LogP contribution in [0.15, 0.2) is 58.5 Å². The summed E-state index contributed by atoms with van der Waals surface area (Å²) in [5, 5.41) is 11.6. The first-order chi connectivity index (χ1) is 15.2. The van der Waals surface area contributed by atoms with Crippen molar-refractivity contribution < 1.29 is 22.7 Å². The molecule has 0 saturated heterocycles. The average Bonchev–Trinajstić information content (AvgIpc) is 3.18.